The van der Waals surface area contributed by atoms with E-state index in [1.165, 1.54) is 0 Å². The van der Waals surface area contributed by atoms with E-state index >= 15 is 0 Å². The smallest absolute Gasteiger partial charge is 0.131 e. The molecular weight excluding hydrogens is 238 g/mol. The maximum atomic E-state index is 9.45. The van der Waals surface area contributed by atoms with Crippen LogP contribution in [-0.4, -0.2) is 27.5 Å². The van der Waals surface area contributed by atoms with E-state index in [0.717, 1.165) is 43.6 Å². The van der Waals surface area contributed by atoms with Gasteiger partial charge >= 0.3 is 0 Å². The van der Waals surface area contributed by atoms with Gasteiger partial charge in [-0.1, -0.05) is 11.6 Å². The Balaban J connectivity index is 1.82. The Morgan fingerprint density at radius 1 is 1.53 bits per heavy atom. The van der Waals surface area contributed by atoms with Crippen molar-refractivity contribution in [3.05, 3.63) is 16.4 Å². The first kappa shape index (κ1) is 12.9. The SMILES string of the molecule is Cc1nn(C)c(Cl)c1CNCC1CCC(O)C1. The Morgan fingerprint density at radius 3 is 2.82 bits per heavy atom. The molecule has 1 saturated carbocycles. The first-order chi connectivity index (χ1) is 8.08. The topological polar surface area (TPSA) is 50.1 Å². The molecule has 0 radical (unpaired) electrons. The van der Waals surface area contributed by atoms with E-state index < -0.39 is 0 Å². The summed E-state index contributed by atoms with van der Waals surface area (Å²) in [7, 11) is 1.85. The Bertz CT molecular complexity index is 391. The lowest BCUT2D eigenvalue weighted by Crippen LogP contribution is -2.21. The predicted molar refractivity (Wildman–Crippen MR) is 68.0 cm³/mol. The van der Waals surface area contributed by atoms with E-state index in [4.69, 9.17) is 11.6 Å². The third-order valence-electron chi connectivity index (χ3n) is 3.52. The van der Waals surface area contributed by atoms with Crippen LogP contribution in [0.5, 0.6) is 0 Å². The van der Waals surface area contributed by atoms with Crippen LogP contribution in [0.3, 0.4) is 0 Å². The lowest BCUT2D eigenvalue weighted by atomic mass is 10.1. The van der Waals surface area contributed by atoms with Crippen molar-refractivity contribution in [2.45, 2.75) is 38.8 Å². The predicted octanol–water partition coefficient (Wildman–Crippen LogP) is 1.63. The third-order valence-corrected chi connectivity index (χ3v) is 3.99. The Morgan fingerprint density at radius 2 is 2.29 bits per heavy atom. The molecule has 1 aliphatic carbocycles. The summed E-state index contributed by atoms with van der Waals surface area (Å²) in [5.74, 6) is 0.598. The number of nitrogens with one attached hydrogen (secondary N) is 1. The first-order valence-corrected chi connectivity index (χ1v) is 6.52. The number of aliphatic hydroxyl groups excluding tert-OH is 1. The minimum atomic E-state index is -0.0921. The summed E-state index contributed by atoms with van der Waals surface area (Å²) in [6.07, 6.45) is 2.89. The Labute approximate surface area is 107 Å². The molecule has 0 bridgehead atoms. The fraction of sp³-hybridized carbons (Fsp3) is 0.750. The number of hydrogen-bond donors (Lipinski definition) is 2. The van der Waals surface area contributed by atoms with Gasteiger partial charge < -0.3 is 10.4 Å². The van der Waals surface area contributed by atoms with E-state index in [1.807, 2.05) is 14.0 Å². The monoisotopic (exact) mass is 257 g/mol. The summed E-state index contributed by atoms with van der Waals surface area (Å²) in [6.45, 7) is 3.68. The molecule has 2 N–H and O–H groups in total. The van der Waals surface area contributed by atoms with Crippen LogP contribution in [0.25, 0.3) is 0 Å². The zero-order chi connectivity index (χ0) is 12.4. The molecule has 1 fully saturated rings. The second kappa shape index (κ2) is 5.38. The summed E-state index contributed by atoms with van der Waals surface area (Å²) >= 11 is 6.15. The highest BCUT2D eigenvalue weighted by atomic mass is 35.5. The van der Waals surface area contributed by atoms with E-state index in [9.17, 15) is 5.11 Å². The van der Waals surface area contributed by atoms with Crippen LogP contribution in [0.1, 0.15) is 30.5 Å². The van der Waals surface area contributed by atoms with Gasteiger partial charge in [0.05, 0.1) is 11.8 Å². The summed E-state index contributed by atoms with van der Waals surface area (Å²) < 4.78 is 1.70. The largest absolute Gasteiger partial charge is 0.393 e. The molecule has 0 aromatic carbocycles. The zero-order valence-corrected chi connectivity index (χ0v) is 11.2. The van der Waals surface area contributed by atoms with Crippen LogP contribution in [0.15, 0.2) is 0 Å². The molecule has 0 amide bonds. The van der Waals surface area contributed by atoms with Gasteiger partial charge in [-0.15, -0.1) is 0 Å². The van der Waals surface area contributed by atoms with Gasteiger partial charge in [0.15, 0.2) is 0 Å². The van der Waals surface area contributed by atoms with Gasteiger partial charge in [0.1, 0.15) is 5.15 Å². The molecule has 2 unspecified atom stereocenters. The molecule has 2 rings (SSSR count). The number of nitrogens with zero attached hydrogens (tertiary/aromatic N) is 2. The lowest BCUT2D eigenvalue weighted by Gasteiger charge is -2.10. The molecule has 1 aliphatic rings. The lowest BCUT2D eigenvalue weighted by molar-refractivity contribution is 0.177. The van der Waals surface area contributed by atoms with Crippen molar-refractivity contribution in [2.24, 2.45) is 13.0 Å². The van der Waals surface area contributed by atoms with Gasteiger partial charge in [0.2, 0.25) is 0 Å². The summed E-state index contributed by atoms with van der Waals surface area (Å²) in [6, 6.07) is 0. The van der Waals surface area contributed by atoms with Crippen LogP contribution in [0.4, 0.5) is 0 Å². The molecule has 96 valence electrons. The number of hydrogen-bond acceptors (Lipinski definition) is 3. The molecule has 0 saturated heterocycles. The number of halogens is 1. The molecular formula is C12H20ClN3O. The molecule has 5 heteroatoms. The van der Waals surface area contributed by atoms with E-state index in [0.29, 0.717) is 11.1 Å². The number of rotatable bonds is 4. The average Bonchev–Trinajstić information content (AvgIpc) is 2.78. The van der Waals surface area contributed by atoms with Crippen molar-refractivity contribution in [2.75, 3.05) is 6.54 Å². The minimum absolute atomic E-state index is 0.0921. The van der Waals surface area contributed by atoms with Crippen LogP contribution in [-0.2, 0) is 13.6 Å². The van der Waals surface area contributed by atoms with E-state index in [2.05, 4.69) is 10.4 Å². The normalized spacial score (nSPS) is 24.5. The summed E-state index contributed by atoms with van der Waals surface area (Å²) in [5, 5.41) is 17.8. The summed E-state index contributed by atoms with van der Waals surface area (Å²) in [5.41, 5.74) is 2.06. The molecule has 4 nitrogen and oxygen atoms in total. The first-order valence-electron chi connectivity index (χ1n) is 6.14. The fourth-order valence-corrected chi connectivity index (χ4v) is 2.75. The van der Waals surface area contributed by atoms with E-state index in [-0.39, 0.29) is 6.10 Å². The molecule has 1 aromatic rings. The molecule has 1 heterocycles. The fourth-order valence-electron chi connectivity index (χ4n) is 2.51. The summed E-state index contributed by atoms with van der Waals surface area (Å²) in [4.78, 5) is 0. The zero-order valence-electron chi connectivity index (χ0n) is 10.4. The van der Waals surface area contributed by atoms with Gasteiger partial charge in [-0.2, -0.15) is 5.10 Å². The van der Waals surface area contributed by atoms with Crippen molar-refractivity contribution >= 4 is 11.6 Å². The van der Waals surface area contributed by atoms with E-state index in [1.54, 1.807) is 4.68 Å². The van der Waals surface area contributed by atoms with Gasteiger partial charge in [0.25, 0.3) is 0 Å². The maximum Gasteiger partial charge on any atom is 0.131 e. The number of aliphatic hydroxyl groups is 1. The Hall–Kier alpha value is -0.580. The standard InChI is InChI=1S/C12H20ClN3O/c1-8-11(12(13)16(2)15-8)7-14-6-9-3-4-10(17)5-9/h9-10,14,17H,3-7H2,1-2H3. The van der Waals surface area contributed by atoms with Crippen LogP contribution >= 0.6 is 11.6 Å². The number of aromatic nitrogens is 2. The van der Waals surface area contributed by atoms with Gasteiger partial charge in [-0.25, -0.2) is 0 Å². The van der Waals surface area contributed by atoms with Gasteiger partial charge in [-0.05, 0) is 38.6 Å². The minimum Gasteiger partial charge on any atom is -0.393 e. The number of aryl methyl sites for hydroxylation is 2. The van der Waals surface area contributed by atoms with Crippen molar-refractivity contribution in [1.82, 2.24) is 15.1 Å². The van der Waals surface area contributed by atoms with Crippen LogP contribution in [0, 0.1) is 12.8 Å². The van der Waals surface area contributed by atoms with Gasteiger partial charge in [-0.3, -0.25) is 4.68 Å². The van der Waals surface area contributed by atoms with Gasteiger partial charge in [0, 0.05) is 19.2 Å². The molecule has 2 atom stereocenters. The van der Waals surface area contributed by atoms with Crippen molar-refractivity contribution in [3.8, 4) is 0 Å². The highest BCUT2D eigenvalue weighted by molar-refractivity contribution is 6.30. The van der Waals surface area contributed by atoms with Crippen molar-refractivity contribution in [3.63, 3.8) is 0 Å². The third kappa shape index (κ3) is 3.00. The van der Waals surface area contributed by atoms with Crippen LogP contribution < -0.4 is 5.32 Å². The van der Waals surface area contributed by atoms with Crippen molar-refractivity contribution in [1.29, 1.82) is 0 Å². The molecule has 17 heavy (non-hydrogen) atoms. The van der Waals surface area contributed by atoms with Crippen molar-refractivity contribution < 1.29 is 5.11 Å². The highest BCUT2D eigenvalue weighted by Crippen LogP contribution is 2.25. The van der Waals surface area contributed by atoms with Crippen LogP contribution in [0.2, 0.25) is 5.15 Å². The molecule has 1 aromatic heterocycles. The maximum absolute atomic E-state index is 9.45. The molecule has 0 aliphatic heterocycles. The Kier molecular flexibility index (Phi) is 4.07. The quantitative estimate of drug-likeness (QED) is 0.862. The molecule has 0 spiro atoms. The second-order valence-corrected chi connectivity index (χ2v) is 5.30. The second-order valence-electron chi connectivity index (χ2n) is 4.94. The average molecular weight is 258 g/mol. The highest BCUT2D eigenvalue weighted by Gasteiger charge is 2.22.